The van der Waals surface area contributed by atoms with Crippen LogP contribution in [0.3, 0.4) is 0 Å². The molecule has 1 aromatic carbocycles. The van der Waals surface area contributed by atoms with Crippen molar-refractivity contribution >= 4 is 54.7 Å². The molecule has 33 heavy (non-hydrogen) atoms. The first-order valence-corrected chi connectivity index (χ1v) is 13.8. The summed E-state index contributed by atoms with van der Waals surface area (Å²) in [5.74, 6) is 2.69. The van der Waals surface area contributed by atoms with Gasteiger partial charge in [0, 0.05) is 15.5 Å². The van der Waals surface area contributed by atoms with E-state index in [9.17, 15) is 0 Å². The number of hydrogen-bond acceptors (Lipinski definition) is 6. The van der Waals surface area contributed by atoms with E-state index < -0.39 is 0 Å². The zero-order valence-electron chi connectivity index (χ0n) is 21.2. The smallest absolute Gasteiger partial charge is 0.489 e. The molecule has 1 aliphatic rings. The number of rotatable bonds is 9. The second-order valence-electron chi connectivity index (χ2n) is 10.5. The fourth-order valence-electron chi connectivity index (χ4n) is 3.70. The monoisotopic (exact) mass is 488 g/mol. The van der Waals surface area contributed by atoms with E-state index in [1.807, 2.05) is 0 Å². The summed E-state index contributed by atoms with van der Waals surface area (Å²) < 4.78 is 29.3. The van der Waals surface area contributed by atoms with Gasteiger partial charge in [-0.1, -0.05) is 40.5 Å². The Bertz CT molecular complexity index is 1100. The maximum Gasteiger partial charge on any atom is 0.505 e. The fourth-order valence-corrected chi connectivity index (χ4v) is 5.89. The van der Waals surface area contributed by atoms with Crippen molar-refractivity contribution in [1.29, 1.82) is 0 Å². The van der Waals surface area contributed by atoms with Crippen molar-refractivity contribution in [2.75, 3.05) is 13.2 Å². The van der Waals surface area contributed by atoms with Crippen LogP contribution in [-0.2, 0) is 9.31 Å². The summed E-state index contributed by atoms with van der Waals surface area (Å²) in [5.41, 5.74) is -0.737. The Hall–Kier alpha value is -1.28. The predicted molar refractivity (Wildman–Crippen MR) is 143 cm³/mol. The Morgan fingerprint density at radius 1 is 0.879 bits per heavy atom. The third kappa shape index (κ3) is 4.66. The molecule has 0 amide bonds. The molecule has 0 N–H and O–H groups in total. The minimum atomic E-state index is -0.380. The number of hydrogen-bond donors (Lipinski definition) is 0. The molecule has 180 valence electrons. The highest BCUT2D eigenvalue weighted by molar-refractivity contribution is 7.32. The summed E-state index contributed by atoms with van der Waals surface area (Å²) in [6.45, 7) is 18.6. The Morgan fingerprint density at radius 3 is 1.97 bits per heavy atom. The highest BCUT2D eigenvalue weighted by atomic mass is 32.1. The molecule has 0 radical (unpaired) electrons. The van der Waals surface area contributed by atoms with Crippen LogP contribution < -0.4 is 14.3 Å². The standard InChI is InChI=1S/C26H37BO4S2/c1-9-16(3)14-28-21-18-11-12-32-23(18)24-19(22(21)29-15-17(4)10-2)13-20(33-24)27-30-25(5,6)26(7,8)31-27/h11-13,16-17H,9-10,14-15H2,1-8H3. The molecule has 1 aliphatic heterocycles. The van der Waals surface area contributed by atoms with Gasteiger partial charge in [0.2, 0.25) is 0 Å². The van der Waals surface area contributed by atoms with Gasteiger partial charge in [-0.25, -0.2) is 0 Å². The van der Waals surface area contributed by atoms with Gasteiger partial charge in [0.25, 0.3) is 0 Å². The van der Waals surface area contributed by atoms with Crippen LogP contribution >= 0.6 is 22.7 Å². The molecule has 1 saturated heterocycles. The van der Waals surface area contributed by atoms with Crippen molar-refractivity contribution < 1.29 is 18.8 Å². The average molecular weight is 489 g/mol. The van der Waals surface area contributed by atoms with E-state index in [1.54, 1.807) is 22.7 Å². The minimum absolute atomic E-state index is 0.369. The first kappa shape index (κ1) is 24.8. The van der Waals surface area contributed by atoms with Crippen molar-refractivity contribution in [1.82, 2.24) is 0 Å². The topological polar surface area (TPSA) is 36.9 Å². The summed E-state index contributed by atoms with van der Waals surface area (Å²) >= 11 is 3.50. The maximum absolute atomic E-state index is 6.51. The van der Waals surface area contributed by atoms with Crippen molar-refractivity contribution in [3.63, 3.8) is 0 Å². The van der Waals surface area contributed by atoms with Crippen molar-refractivity contribution in [3.8, 4) is 11.5 Å². The maximum atomic E-state index is 6.51. The van der Waals surface area contributed by atoms with E-state index >= 15 is 0 Å². The Morgan fingerprint density at radius 2 is 1.42 bits per heavy atom. The first-order valence-electron chi connectivity index (χ1n) is 12.2. The van der Waals surface area contributed by atoms with Gasteiger partial charge in [-0.15, -0.1) is 22.7 Å². The van der Waals surface area contributed by atoms with Gasteiger partial charge in [-0.2, -0.15) is 0 Å². The number of thiophene rings is 2. The fraction of sp³-hybridized carbons (Fsp3) is 0.615. The Labute approximate surface area is 206 Å². The van der Waals surface area contributed by atoms with Crippen molar-refractivity contribution in [2.24, 2.45) is 11.8 Å². The van der Waals surface area contributed by atoms with Gasteiger partial charge < -0.3 is 18.8 Å². The molecule has 2 aromatic heterocycles. The Kier molecular flexibility index (Phi) is 7.08. The van der Waals surface area contributed by atoms with Gasteiger partial charge in [0.1, 0.15) is 0 Å². The van der Waals surface area contributed by atoms with Crippen LogP contribution in [0.5, 0.6) is 11.5 Å². The normalized spacial score (nSPS) is 19.3. The van der Waals surface area contributed by atoms with Gasteiger partial charge in [-0.05, 0) is 57.0 Å². The number of benzene rings is 1. The van der Waals surface area contributed by atoms with Crippen LogP contribution in [0.15, 0.2) is 17.5 Å². The van der Waals surface area contributed by atoms with E-state index in [0.29, 0.717) is 25.0 Å². The molecule has 0 bridgehead atoms. The third-order valence-corrected chi connectivity index (χ3v) is 9.46. The molecule has 4 nitrogen and oxygen atoms in total. The van der Waals surface area contributed by atoms with Gasteiger partial charge in [0.05, 0.1) is 33.8 Å². The zero-order valence-corrected chi connectivity index (χ0v) is 22.9. The van der Waals surface area contributed by atoms with E-state index in [-0.39, 0.29) is 18.3 Å². The molecule has 3 heterocycles. The Balaban J connectivity index is 1.83. The second kappa shape index (κ2) is 9.41. The molecule has 7 heteroatoms. The molecule has 0 spiro atoms. The van der Waals surface area contributed by atoms with Crippen LogP contribution in [-0.4, -0.2) is 31.5 Å². The lowest BCUT2D eigenvalue weighted by Crippen LogP contribution is -2.41. The zero-order chi connectivity index (χ0) is 24.0. The highest BCUT2D eigenvalue weighted by Gasteiger charge is 2.52. The summed E-state index contributed by atoms with van der Waals surface area (Å²) in [6, 6.07) is 4.36. The second-order valence-corrected chi connectivity index (χ2v) is 12.5. The quantitative estimate of drug-likeness (QED) is 0.297. The summed E-state index contributed by atoms with van der Waals surface area (Å²) in [7, 11) is -0.380. The highest BCUT2D eigenvalue weighted by Crippen LogP contribution is 2.48. The molecular weight excluding hydrogens is 451 g/mol. The van der Waals surface area contributed by atoms with Crippen LogP contribution in [0.2, 0.25) is 0 Å². The summed E-state index contributed by atoms with van der Waals surface area (Å²) in [6.07, 6.45) is 2.16. The average Bonchev–Trinajstić information content (AvgIpc) is 3.46. The van der Waals surface area contributed by atoms with E-state index in [4.69, 9.17) is 18.8 Å². The van der Waals surface area contributed by atoms with E-state index in [1.165, 1.54) is 9.40 Å². The molecule has 0 saturated carbocycles. The third-order valence-electron chi connectivity index (χ3n) is 7.22. The van der Waals surface area contributed by atoms with Crippen LogP contribution in [0.1, 0.15) is 68.2 Å². The van der Waals surface area contributed by atoms with Crippen LogP contribution in [0, 0.1) is 11.8 Å². The molecular formula is C26H37BO4S2. The number of fused-ring (bicyclic) bond motifs is 3. The molecule has 4 rings (SSSR count). The van der Waals surface area contributed by atoms with E-state index in [0.717, 1.165) is 39.9 Å². The molecule has 2 atom stereocenters. The van der Waals surface area contributed by atoms with Crippen LogP contribution in [0.25, 0.3) is 20.2 Å². The lowest BCUT2D eigenvalue weighted by Gasteiger charge is -2.32. The van der Waals surface area contributed by atoms with E-state index in [2.05, 4.69) is 72.9 Å². The van der Waals surface area contributed by atoms with Gasteiger partial charge >= 0.3 is 7.12 Å². The van der Waals surface area contributed by atoms with Crippen molar-refractivity contribution in [2.45, 2.75) is 79.4 Å². The minimum Gasteiger partial charge on any atom is -0.489 e. The van der Waals surface area contributed by atoms with Gasteiger partial charge in [-0.3, -0.25) is 0 Å². The SMILES string of the molecule is CCC(C)COc1c(OCC(C)CC)c2cc(B3OC(C)(C)C(C)(C)O3)sc2c2sccc12. The largest absolute Gasteiger partial charge is 0.505 e. The molecule has 2 unspecified atom stereocenters. The summed E-state index contributed by atoms with van der Waals surface area (Å²) in [4.78, 5) is 0. The lowest BCUT2D eigenvalue weighted by atomic mass is 9.87. The van der Waals surface area contributed by atoms with Crippen molar-refractivity contribution in [3.05, 3.63) is 17.5 Å². The lowest BCUT2D eigenvalue weighted by molar-refractivity contribution is 0.00578. The summed E-state index contributed by atoms with van der Waals surface area (Å²) in [5, 5.41) is 4.38. The number of ether oxygens (including phenoxy) is 2. The van der Waals surface area contributed by atoms with Gasteiger partial charge in [0.15, 0.2) is 11.5 Å². The predicted octanol–water partition coefficient (Wildman–Crippen LogP) is 7.27. The molecule has 1 fully saturated rings. The first-order chi connectivity index (χ1) is 15.6. The molecule has 3 aromatic rings. The molecule has 0 aliphatic carbocycles. The van der Waals surface area contributed by atoms with Crippen LogP contribution in [0.4, 0.5) is 0 Å².